The summed E-state index contributed by atoms with van der Waals surface area (Å²) >= 11 is 0. The van der Waals surface area contributed by atoms with Gasteiger partial charge in [-0.2, -0.15) is 0 Å². The number of benzene rings is 1. The minimum Gasteiger partial charge on any atom is -0.478 e. The van der Waals surface area contributed by atoms with Crippen molar-refractivity contribution in [2.24, 2.45) is 0 Å². The van der Waals surface area contributed by atoms with Gasteiger partial charge in [0.2, 0.25) is 0 Å². The van der Waals surface area contributed by atoms with Crippen molar-refractivity contribution in [1.82, 2.24) is 4.90 Å². The Morgan fingerprint density at radius 3 is 2.70 bits per heavy atom. The van der Waals surface area contributed by atoms with Crippen LogP contribution in [-0.2, 0) is 4.79 Å². The van der Waals surface area contributed by atoms with Crippen LogP contribution >= 0.6 is 0 Å². The van der Waals surface area contributed by atoms with Crippen LogP contribution < -0.4 is 0 Å². The van der Waals surface area contributed by atoms with Crippen LogP contribution in [0.1, 0.15) is 22.3 Å². The second-order valence-corrected chi connectivity index (χ2v) is 4.60. The molecule has 0 saturated carbocycles. The van der Waals surface area contributed by atoms with E-state index in [-0.39, 0.29) is 23.6 Å². The lowest BCUT2D eigenvalue weighted by molar-refractivity contribution is -0.131. The third-order valence-corrected chi connectivity index (χ3v) is 3.10. The van der Waals surface area contributed by atoms with Gasteiger partial charge in [0.25, 0.3) is 5.91 Å². The highest BCUT2D eigenvalue weighted by Gasteiger charge is 2.25. The summed E-state index contributed by atoms with van der Waals surface area (Å²) in [5, 5.41) is 17.9. The molecule has 1 heterocycles. The summed E-state index contributed by atoms with van der Waals surface area (Å²) in [5.74, 6) is -2.17. The number of rotatable bonds is 3. The van der Waals surface area contributed by atoms with Gasteiger partial charge in [-0.15, -0.1) is 0 Å². The average Bonchev–Trinajstić information content (AvgIpc) is 2.83. The molecule has 1 aliphatic heterocycles. The highest BCUT2D eigenvalue weighted by Crippen LogP contribution is 2.17. The van der Waals surface area contributed by atoms with E-state index in [0.29, 0.717) is 13.0 Å². The second kappa shape index (κ2) is 5.83. The summed E-state index contributed by atoms with van der Waals surface area (Å²) in [7, 11) is 0. The number of aliphatic hydroxyl groups is 1. The maximum Gasteiger partial charge on any atom is 0.328 e. The normalized spacial score (nSPS) is 18.7. The van der Waals surface area contributed by atoms with Crippen molar-refractivity contribution in [2.45, 2.75) is 12.5 Å². The highest BCUT2D eigenvalue weighted by atomic mass is 19.1. The lowest BCUT2D eigenvalue weighted by atomic mass is 10.1. The van der Waals surface area contributed by atoms with E-state index in [1.54, 1.807) is 0 Å². The van der Waals surface area contributed by atoms with Gasteiger partial charge >= 0.3 is 5.97 Å². The van der Waals surface area contributed by atoms with Crippen LogP contribution in [0.15, 0.2) is 24.3 Å². The molecule has 1 aromatic rings. The zero-order valence-electron chi connectivity index (χ0n) is 10.6. The summed E-state index contributed by atoms with van der Waals surface area (Å²) in [6.07, 6.45) is 1.96. The van der Waals surface area contributed by atoms with Crippen LogP contribution in [0.4, 0.5) is 4.39 Å². The number of hydrogen-bond acceptors (Lipinski definition) is 3. The minimum atomic E-state index is -1.17. The molecule has 0 aliphatic carbocycles. The number of halogens is 1. The fourth-order valence-corrected chi connectivity index (χ4v) is 2.07. The van der Waals surface area contributed by atoms with Gasteiger partial charge in [0.1, 0.15) is 5.82 Å². The Kier molecular flexibility index (Phi) is 4.14. The van der Waals surface area contributed by atoms with Gasteiger partial charge < -0.3 is 15.1 Å². The zero-order chi connectivity index (χ0) is 14.7. The SMILES string of the molecule is O=C(O)C=Cc1ccc(C(=O)N2CCC(O)C2)cc1F. The Labute approximate surface area is 114 Å². The van der Waals surface area contributed by atoms with Crippen LogP contribution in [0.2, 0.25) is 0 Å². The molecular weight excluding hydrogens is 265 g/mol. The Morgan fingerprint density at radius 1 is 1.40 bits per heavy atom. The molecule has 1 fully saturated rings. The van der Waals surface area contributed by atoms with E-state index in [1.807, 2.05) is 0 Å². The largest absolute Gasteiger partial charge is 0.478 e. The fraction of sp³-hybridized carbons (Fsp3) is 0.286. The minimum absolute atomic E-state index is 0.102. The first-order valence-electron chi connectivity index (χ1n) is 6.15. The van der Waals surface area contributed by atoms with Gasteiger partial charge in [-0.05, 0) is 24.6 Å². The fourth-order valence-electron chi connectivity index (χ4n) is 2.07. The van der Waals surface area contributed by atoms with E-state index in [1.165, 1.54) is 17.0 Å². The topological polar surface area (TPSA) is 77.8 Å². The first-order valence-corrected chi connectivity index (χ1v) is 6.15. The van der Waals surface area contributed by atoms with Crippen molar-refractivity contribution in [3.8, 4) is 0 Å². The van der Waals surface area contributed by atoms with Gasteiger partial charge in [0, 0.05) is 30.3 Å². The number of carboxylic acids is 1. The summed E-state index contributed by atoms with van der Waals surface area (Å²) in [6.45, 7) is 0.698. The third kappa shape index (κ3) is 3.21. The predicted molar refractivity (Wildman–Crippen MR) is 69.6 cm³/mol. The Bertz CT molecular complexity index is 570. The van der Waals surface area contributed by atoms with Gasteiger partial charge in [0.15, 0.2) is 0 Å². The number of likely N-dealkylation sites (tertiary alicyclic amines) is 1. The van der Waals surface area contributed by atoms with E-state index in [0.717, 1.165) is 18.2 Å². The molecule has 0 spiro atoms. The number of aliphatic carboxylic acids is 1. The molecule has 5 nitrogen and oxygen atoms in total. The standard InChI is InChI=1S/C14H14FNO4/c15-12-7-10(2-1-9(12)3-4-13(18)19)14(20)16-6-5-11(17)8-16/h1-4,7,11,17H,5-6,8H2,(H,18,19). The number of hydrogen-bond donors (Lipinski definition) is 2. The van der Waals surface area contributed by atoms with Crippen LogP contribution in [0.5, 0.6) is 0 Å². The van der Waals surface area contributed by atoms with E-state index in [2.05, 4.69) is 0 Å². The van der Waals surface area contributed by atoms with Crippen molar-refractivity contribution in [3.63, 3.8) is 0 Å². The van der Waals surface area contributed by atoms with Gasteiger partial charge in [0.05, 0.1) is 6.10 Å². The number of amides is 1. The third-order valence-electron chi connectivity index (χ3n) is 3.10. The monoisotopic (exact) mass is 279 g/mol. The van der Waals surface area contributed by atoms with Crippen molar-refractivity contribution in [2.75, 3.05) is 13.1 Å². The van der Waals surface area contributed by atoms with Crippen molar-refractivity contribution >= 4 is 18.0 Å². The molecule has 2 N–H and O–H groups in total. The average molecular weight is 279 g/mol. The Hall–Kier alpha value is -2.21. The molecule has 1 aromatic carbocycles. The quantitative estimate of drug-likeness (QED) is 0.813. The maximum absolute atomic E-state index is 13.8. The molecule has 1 saturated heterocycles. The lowest BCUT2D eigenvalue weighted by Crippen LogP contribution is -2.29. The molecule has 1 unspecified atom stereocenters. The van der Waals surface area contributed by atoms with Crippen molar-refractivity contribution in [1.29, 1.82) is 0 Å². The number of β-amino-alcohol motifs (C(OH)–C–C–N with tert-alkyl or cyclic N) is 1. The molecule has 0 radical (unpaired) electrons. The number of carboxylic acid groups (broad SMARTS) is 1. The molecule has 2 rings (SSSR count). The molecule has 106 valence electrons. The van der Waals surface area contributed by atoms with Crippen molar-refractivity contribution in [3.05, 3.63) is 41.2 Å². The highest BCUT2D eigenvalue weighted by molar-refractivity contribution is 5.95. The van der Waals surface area contributed by atoms with Crippen LogP contribution in [0.3, 0.4) is 0 Å². The van der Waals surface area contributed by atoms with E-state index in [4.69, 9.17) is 5.11 Å². The van der Waals surface area contributed by atoms with Gasteiger partial charge in [-0.1, -0.05) is 6.07 Å². The Balaban J connectivity index is 2.16. The van der Waals surface area contributed by atoms with E-state index < -0.39 is 17.9 Å². The smallest absolute Gasteiger partial charge is 0.328 e. The second-order valence-electron chi connectivity index (χ2n) is 4.60. The molecule has 0 aromatic heterocycles. The number of carbonyl (C=O) groups excluding carboxylic acids is 1. The molecular formula is C14H14FNO4. The van der Waals surface area contributed by atoms with Crippen LogP contribution in [0.25, 0.3) is 6.08 Å². The summed E-state index contributed by atoms with van der Waals surface area (Å²) in [5.41, 5.74) is 0.287. The maximum atomic E-state index is 13.8. The molecule has 20 heavy (non-hydrogen) atoms. The zero-order valence-corrected chi connectivity index (χ0v) is 10.6. The van der Waals surface area contributed by atoms with Gasteiger partial charge in [-0.25, -0.2) is 9.18 Å². The van der Waals surface area contributed by atoms with E-state index in [9.17, 15) is 19.1 Å². The molecule has 6 heteroatoms. The number of aliphatic hydroxyl groups excluding tert-OH is 1. The van der Waals surface area contributed by atoms with Crippen LogP contribution in [0, 0.1) is 5.82 Å². The first-order chi connectivity index (χ1) is 9.47. The molecule has 0 bridgehead atoms. The summed E-state index contributed by atoms with van der Waals surface area (Å²) in [4.78, 5) is 23.9. The summed E-state index contributed by atoms with van der Waals surface area (Å²) < 4.78 is 13.8. The lowest BCUT2D eigenvalue weighted by Gasteiger charge is -2.15. The predicted octanol–water partition coefficient (Wildman–Crippen LogP) is 1.13. The molecule has 1 atom stereocenters. The molecule has 1 amide bonds. The van der Waals surface area contributed by atoms with E-state index >= 15 is 0 Å². The number of carbonyl (C=O) groups is 2. The number of nitrogens with zero attached hydrogens (tertiary/aromatic N) is 1. The van der Waals surface area contributed by atoms with Crippen molar-refractivity contribution < 1.29 is 24.2 Å². The summed E-state index contributed by atoms with van der Waals surface area (Å²) in [6, 6.07) is 3.88. The van der Waals surface area contributed by atoms with Crippen LogP contribution in [-0.4, -0.2) is 46.2 Å². The first kappa shape index (κ1) is 14.2. The van der Waals surface area contributed by atoms with Gasteiger partial charge in [-0.3, -0.25) is 4.79 Å². The molecule has 1 aliphatic rings. The Morgan fingerprint density at radius 2 is 2.15 bits per heavy atom.